The number of alkyl carbamates (subject to hydrolysis) is 1. The number of hydroxylamine groups is 2. The first-order chi connectivity index (χ1) is 14.2. The summed E-state index contributed by atoms with van der Waals surface area (Å²) in [4.78, 5) is 41.4. The number of fused-ring (bicyclic) bond motifs is 2. The second-order valence-electron chi connectivity index (χ2n) is 8.09. The van der Waals surface area contributed by atoms with Crippen LogP contribution in [0.4, 0.5) is 9.59 Å². The molecule has 31 heavy (non-hydrogen) atoms. The highest BCUT2D eigenvalue weighted by Crippen LogP contribution is 2.35. The highest BCUT2D eigenvalue weighted by molar-refractivity contribution is 7.80. The molecule has 2 N–H and O–H groups in total. The quantitative estimate of drug-likeness (QED) is 0.576. The number of hydrogen-bond acceptors (Lipinski definition) is 8. The highest BCUT2D eigenvalue weighted by Gasteiger charge is 2.48. The van der Waals surface area contributed by atoms with Gasteiger partial charge in [0.25, 0.3) is 0 Å². The molecular weight excluding hydrogens is 434 g/mol. The van der Waals surface area contributed by atoms with E-state index in [1.807, 2.05) is 0 Å². The number of urea groups is 1. The number of nitrogens with zero attached hydrogens (tertiary/aromatic N) is 4. The predicted molar refractivity (Wildman–Crippen MR) is 106 cm³/mol. The molecule has 0 saturated carbocycles. The van der Waals surface area contributed by atoms with Crippen LogP contribution in [0.3, 0.4) is 0 Å². The van der Waals surface area contributed by atoms with Gasteiger partial charge in [-0.25, -0.2) is 19.4 Å². The summed E-state index contributed by atoms with van der Waals surface area (Å²) < 4.78 is 42.5. The summed E-state index contributed by atoms with van der Waals surface area (Å²) in [6, 6.07) is -2.40. The number of aromatic nitrogens is 2. The molecule has 2 aliphatic rings. The van der Waals surface area contributed by atoms with Crippen LogP contribution >= 0.6 is 0 Å². The second-order valence-corrected chi connectivity index (χ2v) is 9.09. The molecule has 3 heterocycles. The van der Waals surface area contributed by atoms with Crippen molar-refractivity contribution in [3.63, 3.8) is 0 Å². The Bertz CT molecular complexity index is 1090. The fourth-order valence-electron chi connectivity index (χ4n) is 3.32. The van der Waals surface area contributed by atoms with Crippen LogP contribution in [-0.2, 0) is 26.5 Å². The Kier molecular flexibility index (Phi) is 5.82. The van der Waals surface area contributed by atoms with E-state index in [1.165, 1.54) is 28.9 Å². The lowest BCUT2D eigenvalue weighted by Crippen LogP contribution is -2.46. The molecular formula is C17H23N5O8S. The van der Waals surface area contributed by atoms with Crippen molar-refractivity contribution >= 4 is 28.1 Å². The van der Waals surface area contributed by atoms with Crippen molar-refractivity contribution < 1.29 is 31.6 Å². The standard InChI is InChI=1S/C17H23N5O8S/c1-17(2,3)29-15(24)19-7-11-5-12(10-6-18-14(23)20(4)8-10)13-9-21(11)16(25)22(13)30-31(26,27)28/h5-6,8,11,13H,7,9H2,1-4H3,(H,19,24)(H,26,27,28)/t11-,13+/m1/s1. The lowest BCUT2D eigenvalue weighted by atomic mass is 9.95. The van der Waals surface area contributed by atoms with Gasteiger partial charge in [-0.1, -0.05) is 6.08 Å². The van der Waals surface area contributed by atoms with Crippen LogP contribution in [-0.4, -0.2) is 75.4 Å². The summed E-state index contributed by atoms with van der Waals surface area (Å²) in [6.45, 7) is 5.10. The van der Waals surface area contributed by atoms with Crippen LogP contribution in [0, 0.1) is 0 Å². The molecule has 1 saturated heterocycles. The van der Waals surface area contributed by atoms with E-state index < -0.39 is 45.9 Å². The van der Waals surface area contributed by atoms with Crippen molar-refractivity contribution in [2.24, 2.45) is 7.05 Å². The third-order valence-electron chi connectivity index (χ3n) is 4.53. The number of rotatable bonds is 5. The minimum Gasteiger partial charge on any atom is -0.444 e. The van der Waals surface area contributed by atoms with Crippen LogP contribution < -0.4 is 11.0 Å². The Labute approximate surface area is 178 Å². The monoisotopic (exact) mass is 457 g/mol. The number of nitrogens with one attached hydrogen (secondary N) is 1. The summed E-state index contributed by atoms with van der Waals surface area (Å²) in [7, 11) is -3.48. The second kappa shape index (κ2) is 7.94. The fourth-order valence-corrected chi connectivity index (χ4v) is 3.69. The number of ether oxygens (including phenoxy) is 1. The number of aryl methyl sites for hydroxylation is 1. The zero-order chi connectivity index (χ0) is 23.1. The average molecular weight is 457 g/mol. The van der Waals surface area contributed by atoms with E-state index in [4.69, 9.17) is 9.29 Å². The smallest absolute Gasteiger partial charge is 0.418 e. The summed E-state index contributed by atoms with van der Waals surface area (Å²) in [5, 5.41) is 3.11. The SMILES string of the molecule is Cn1cc(C2=C[C@H](CNC(=O)OC(C)(C)C)N3C[C@@H]2N(OS(=O)(=O)O)C3=O)cnc1=O. The third-order valence-corrected chi connectivity index (χ3v) is 4.88. The van der Waals surface area contributed by atoms with Gasteiger partial charge in [0.15, 0.2) is 0 Å². The van der Waals surface area contributed by atoms with Gasteiger partial charge in [-0.2, -0.15) is 13.5 Å². The fraction of sp³-hybridized carbons (Fsp3) is 0.529. The minimum atomic E-state index is -4.97. The molecule has 2 bridgehead atoms. The van der Waals surface area contributed by atoms with E-state index in [0.29, 0.717) is 16.2 Å². The molecule has 1 fully saturated rings. The van der Waals surface area contributed by atoms with Crippen LogP contribution in [0.25, 0.3) is 5.57 Å². The first kappa shape index (κ1) is 22.7. The Morgan fingerprint density at radius 3 is 2.61 bits per heavy atom. The van der Waals surface area contributed by atoms with Gasteiger partial charge < -0.3 is 19.5 Å². The largest absolute Gasteiger partial charge is 0.444 e. The normalized spacial score (nSPS) is 21.2. The van der Waals surface area contributed by atoms with Crippen LogP contribution in [0.1, 0.15) is 26.3 Å². The molecule has 0 radical (unpaired) electrons. The molecule has 13 nitrogen and oxygen atoms in total. The van der Waals surface area contributed by atoms with E-state index in [9.17, 15) is 22.8 Å². The van der Waals surface area contributed by atoms with Gasteiger partial charge in [-0.05, 0) is 26.3 Å². The zero-order valence-electron chi connectivity index (χ0n) is 17.3. The van der Waals surface area contributed by atoms with Crippen LogP contribution in [0.2, 0.25) is 0 Å². The van der Waals surface area contributed by atoms with Gasteiger partial charge in [0.1, 0.15) is 11.6 Å². The van der Waals surface area contributed by atoms with Gasteiger partial charge in [-0.15, -0.1) is 4.28 Å². The average Bonchev–Trinajstić information content (AvgIpc) is 2.87. The molecule has 1 aromatic rings. The van der Waals surface area contributed by atoms with Crippen LogP contribution in [0.5, 0.6) is 0 Å². The maximum absolute atomic E-state index is 12.7. The Balaban J connectivity index is 1.93. The summed E-state index contributed by atoms with van der Waals surface area (Å²) in [5.74, 6) is 0. The van der Waals surface area contributed by atoms with Gasteiger partial charge in [0.05, 0.1) is 12.6 Å². The number of carbonyl (C=O) groups excluding carboxylic acids is 2. The molecule has 3 amide bonds. The molecule has 0 spiro atoms. The first-order valence-electron chi connectivity index (χ1n) is 9.23. The summed E-state index contributed by atoms with van der Waals surface area (Å²) in [6.07, 6.45) is 3.71. The van der Waals surface area contributed by atoms with E-state index in [-0.39, 0.29) is 13.1 Å². The van der Waals surface area contributed by atoms with Crippen LogP contribution in [0.15, 0.2) is 23.3 Å². The lowest BCUT2D eigenvalue weighted by molar-refractivity contribution is -0.0163. The Hall–Kier alpha value is -2.97. The molecule has 3 rings (SSSR count). The lowest BCUT2D eigenvalue weighted by Gasteiger charge is -2.30. The number of carbonyl (C=O) groups is 2. The number of amides is 3. The maximum Gasteiger partial charge on any atom is 0.418 e. The molecule has 0 aliphatic carbocycles. The maximum atomic E-state index is 12.7. The predicted octanol–water partition coefficient (Wildman–Crippen LogP) is -0.0888. The van der Waals surface area contributed by atoms with E-state index >= 15 is 0 Å². The molecule has 0 unspecified atom stereocenters. The van der Waals surface area contributed by atoms with Crippen molar-refractivity contribution in [1.29, 1.82) is 0 Å². The van der Waals surface area contributed by atoms with Gasteiger partial charge >= 0.3 is 28.2 Å². The minimum absolute atomic E-state index is 0.0176. The topological polar surface area (TPSA) is 160 Å². The van der Waals surface area contributed by atoms with E-state index in [2.05, 4.69) is 14.6 Å². The molecule has 2 aliphatic heterocycles. The zero-order valence-corrected chi connectivity index (χ0v) is 18.1. The number of hydrogen-bond donors (Lipinski definition) is 2. The van der Waals surface area contributed by atoms with Crippen molar-refractivity contribution in [3.8, 4) is 0 Å². The van der Waals surface area contributed by atoms with E-state index in [1.54, 1.807) is 26.8 Å². The van der Waals surface area contributed by atoms with Crippen molar-refractivity contribution in [2.45, 2.75) is 38.5 Å². The molecule has 1 aromatic heterocycles. The van der Waals surface area contributed by atoms with Crippen molar-refractivity contribution in [2.75, 3.05) is 13.1 Å². The van der Waals surface area contributed by atoms with Crippen molar-refractivity contribution in [3.05, 3.63) is 34.5 Å². The highest BCUT2D eigenvalue weighted by atomic mass is 32.3. The van der Waals surface area contributed by atoms with Crippen molar-refractivity contribution in [1.82, 2.24) is 24.8 Å². The molecule has 170 valence electrons. The van der Waals surface area contributed by atoms with E-state index in [0.717, 1.165) is 0 Å². The first-order valence-corrected chi connectivity index (χ1v) is 10.6. The molecule has 2 atom stereocenters. The third kappa shape index (κ3) is 5.21. The van der Waals surface area contributed by atoms with Gasteiger partial charge in [0.2, 0.25) is 0 Å². The van der Waals surface area contributed by atoms with Gasteiger partial charge in [-0.3, -0.25) is 4.55 Å². The van der Waals surface area contributed by atoms with Gasteiger partial charge in [0, 0.05) is 31.5 Å². The summed E-state index contributed by atoms with van der Waals surface area (Å²) >= 11 is 0. The molecule has 0 aromatic carbocycles. The summed E-state index contributed by atoms with van der Waals surface area (Å²) in [5.41, 5.74) is -0.344. The Morgan fingerprint density at radius 2 is 2.03 bits per heavy atom. The Morgan fingerprint density at radius 1 is 1.35 bits per heavy atom. The molecule has 14 heteroatoms.